The first-order valence-electron chi connectivity index (χ1n) is 9.03. The minimum atomic E-state index is -0.813. The Hall–Kier alpha value is -1.96. The zero-order valence-corrected chi connectivity index (χ0v) is 17.7. The number of carbonyl (C=O) groups is 1. The lowest BCUT2D eigenvalue weighted by atomic mass is 9.94. The Bertz CT molecular complexity index is 840. The molecule has 3 rings (SSSR count). The van der Waals surface area contributed by atoms with Crippen molar-refractivity contribution >= 4 is 28.9 Å². The predicted molar refractivity (Wildman–Crippen MR) is 109 cm³/mol. The van der Waals surface area contributed by atoms with Crippen molar-refractivity contribution in [3.05, 3.63) is 39.0 Å². The second-order valence-electron chi connectivity index (χ2n) is 6.58. The molecule has 0 aliphatic carbocycles. The number of methoxy groups -OCH3 is 3. The predicted octanol–water partition coefficient (Wildman–Crippen LogP) is 4.46. The second kappa shape index (κ2) is 9.03. The Kier molecular flexibility index (Phi) is 6.69. The van der Waals surface area contributed by atoms with Crippen molar-refractivity contribution in [2.75, 3.05) is 27.9 Å². The highest BCUT2D eigenvalue weighted by atomic mass is 35.5. The average molecular weight is 426 g/mol. The SMILES string of the molecule is COc1cc(OC)c(C(c2ccc(Cl)s2)N2CCCCC2C(=O)O)cc1OC. The van der Waals surface area contributed by atoms with Gasteiger partial charge in [-0.1, -0.05) is 18.0 Å². The summed E-state index contributed by atoms with van der Waals surface area (Å²) in [5.41, 5.74) is 0.826. The van der Waals surface area contributed by atoms with Crippen LogP contribution in [-0.4, -0.2) is 49.9 Å². The molecule has 6 nitrogen and oxygen atoms in total. The van der Waals surface area contributed by atoms with Crippen LogP contribution in [0, 0.1) is 0 Å². The highest BCUT2D eigenvalue weighted by Crippen LogP contribution is 2.45. The molecule has 2 heterocycles. The number of likely N-dealkylation sites (tertiary alicyclic amines) is 1. The summed E-state index contributed by atoms with van der Waals surface area (Å²) in [5, 5.41) is 9.83. The van der Waals surface area contributed by atoms with Crippen LogP contribution in [0.4, 0.5) is 0 Å². The van der Waals surface area contributed by atoms with E-state index in [-0.39, 0.29) is 6.04 Å². The van der Waals surface area contributed by atoms with Crippen molar-refractivity contribution in [2.45, 2.75) is 31.3 Å². The number of rotatable bonds is 7. The van der Waals surface area contributed by atoms with E-state index in [2.05, 4.69) is 0 Å². The molecule has 2 atom stereocenters. The van der Waals surface area contributed by atoms with Gasteiger partial charge in [0, 0.05) is 16.5 Å². The van der Waals surface area contributed by atoms with Crippen molar-refractivity contribution in [1.82, 2.24) is 4.90 Å². The molecule has 0 saturated carbocycles. The summed E-state index contributed by atoms with van der Waals surface area (Å²) in [6, 6.07) is 6.54. The van der Waals surface area contributed by atoms with Gasteiger partial charge in [0.25, 0.3) is 0 Å². The van der Waals surface area contributed by atoms with Crippen LogP contribution in [0.5, 0.6) is 17.2 Å². The summed E-state index contributed by atoms with van der Waals surface area (Å²) in [7, 11) is 4.73. The monoisotopic (exact) mass is 425 g/mol. The maximum Gasteiger partial charge on any atom is 0.320 e. The molecule has 1 aromatic heterocycles. The number of halogens is 1. The Morgan fingerprint density at radius 3 is 2.39 bits per heavy atom. The minimum absolute atomic E-state index is 0.311. The van der Waals surface area contributed by atoms with E-state index >= 15 is 0 Å². The van der Waals surface area contributed by atoms with E-state index in [1.807, 2.05) is 23.1 Å². The Morgan fingerprint density at radius 1 is 1.14 bits per heavy atom. The third kappa shape index (κ3) is 4.06. The van der Waals surface area contributed by atoms with E-state index in [0.29, 0.717) is 34.6 Å². The van der Waals surface area contributed by atoms with Crippen LogP contribution in [0.1, 0.15) is 35.7 Å². The quantitative estimate of drug-likeness (QED) is 0.706. The van der Waals surface area contributed by atoms with Gasteiger partial charge >= 0.3 is 5.97 Å². The number of benzene rings is 1. The van der Waals surface area contributed by atoms with Gasteiger partial charge in [0.15, 0.2) is 11.5 Å². The first-order valence-corrected chi connectivity index (χ1v) is 10.2. The average Bonchev–Trinajstić information content (AvgIpc) is 3.13. The Labute approximate surface area is 173 Å². The smallest absolute Gasteiger partial charge is 0.320 e. The fourth-order valence-electron chi connectivity index (χ4n) is 3.77. The molecule has 1 fully saturated rings. The molecular formula is C20H24ClNO5S. The van der Waals surface area contributed by atoms with Crippen molar-refractivity contribution in [3.63, 3.8) is 0 Å². The zero-order valence-electron chi connectivity index (χ0n) is 16.1. The number of nitrogens with zero attached hydrogens (tertiary/aromatic N) is 1. The molecule has 152 valence electrons. The van der Waals surface area contributed by atoms with Crippen LogP contribution in [0.15, 0.2) is 24.3 Å². The summed E-state index contributed by atoms with van der Waals surface area (Å²) in [4.78, 5) is 15.0. The molecule has 1 N–H and O–H groups in total. The van der Waals surface area contributed by atoms with E-state index in [0.717, 1.165) is 23.3 Å². The highest BCUT2D eigenvalue weighted by molar-refractivity contribution is 7.16. The topological polar surface area (TPSA) is 68.2 Å². The van der Waals surface area contributed by atoms with E-state index in [9.17, 15) is 9.90 Å². The van der Waals surface area contributed by atoms with Gasteiger partial charge in [-0.3, -0.25) is 9.69 Å². The van der Waals surface area contributed by atoms with Crippen molar-refractivity contribution in [1.29, 1.82) is 0 Å². The number of piperidine rings is 1. The number of carboxylic acid groups (broad SMARTS) is 1. The molecule has 0 spiro atoms. The first-order chi connectivity index (χ1) is 13.5. The van der Waals surface area contributed by atoms with E-state index in [1.54, 1.807) is 27.4 Å². The third-order valence-corrected chi connectivity index (χ3v) is 6.34. The largest absolute Gasteiger partial charge is 0.496 e. The lowest BCUT2D eigenvalue weighted by Gasteiger charge is -2.39. The maximum atomic E-state index is 12.0. The summed E-state index contributed by atoms with van der Waals surface area (Å²) < 4.78 is 17.2. The molecule has 2 aromatic rings. The van der Waals surface area contributed by atoms with E-state index < -0.39 is 12.0 Å². The standard InChI is InChI=1S/C20H24ClNO5S/c1-25-14-11-16(27-3)15(26-2)10-12(14)19(17-7-8-18(21)28-17)22-9-5-4-6-13(22)20(23)24/h7-8,10-11,13,19H,4-6,9H2,1-3H3,(H,23,24). The molecule has 28 heavy (non-hydrogen) atoms. The molecule has 1 aliphatic rings. The molecule has 1 aromatic carbocycles. The first kappa shape index (κ1) is 20.8. The summed E-state index contributed by atoms with van der Waals surface area (Å²) >= 11 is 7.66. The van der Waals surface area contributed by atoms with Crippen LogP contribution >= 0.6 is 22.9 Å². The fraction of sp³-hybridized carbons (Fsp3) is 0.450. The lowest BCUT2D eigenvalue weighted by Crippen LogP contribution is -2.46. The van der Waals surface area contributed by atoms with Crippen LogP contribution in [-0.2, 0) is 4.79 Å². The summed E-state index contributed by atoms with van der Waals surface area (Å²) in [6.45, 7) is 0.675. The van der Waals surface area contributed by atoms with Gasteiger partial charge in [-0.15, -0.1) is 11.3 Å². The molecular weight excluding hydrogens is 402 g/mol. The van der Waals surface area contributed by atoms with Crippen LogP contribution < -0.4 is 14.2 Å². The number of carboxylic acids is 1. The second-order valence-corrected chi connectivity index (χ2v) is 8.33. The fourth-order valence-corrected chi connectivity index (χ4v) is 4.97. The molecule has 2 unspecified atom stereocenters. The molecule has 8 heteroatoms. The minimum Gasteiger partial charge on any atom is -0.496 e. The number of ether oxygens (including phenoxy) is 3. The van der Waals surface area contributed by atoms with Gasteiger partial charge in [0.05, 0.1) is 31.7 Å². The van der Waals surface area contributed by atoms with Crippen molar-refractivity contribution in [3.8, 4) is 17.2 Å². The Morgan fingerprint density at radius 2 is 1.82 bits per heavy atom. The van der Waals surface area contributed by atoms with Gasteiger partial charge < -0.3 is 19.3 Å². The number of hydrogen-bond acceptors (Lipinski definition) is 6. The van der Waals surface area contributed by atoms with Crippen LogP contribution in [0.3, 0.4) is 0 Å². The van der Waals surface area contributed by atoms with Gasteiger partial charge in [0.2, 0.25) is 0 Å². The van der Waals surface area contributed by atoms with Gasteiger partial charge in [0.1, 0.15) is 11.8 Å². The number of aliphatic carboxylic acids is 1. The highest BCUT2D eigenvalue weighted by Gasteiger charge is 2.37. The van der Waals surface area contributed by atoms with E-state index in [4.69, 9.17) is 25.8 Å². The summed E-state index contributed by atoms with van der Waals surface area (Å²) in [6.07, 6.45) is 2.45. The molecule has 0 amide bonds. The number of hydrogen-bond donors (Lipinski definition) is 1. The zero-order chi connectivity index (χ0) is 20.3. The Balaban J connectivity index is 2.18. The van der Waals surface area contributed by atoms with Gasteiger partial charge in [-0.05, 0) is 37.6 Å². The summed E-state index contributed by atoms with van der Waals surface area (Å²) in [5.74, 6) is 0.919. The van der Waals surface area contributed by atoms with Crippen molar-refractivity contribution < 1.29 is 24.1 Å². The molecule has 0 bridgehead atoms. The van der Waals surface area contributed by atoms with Gasteiger partial charge in [-0.25, -0.2) is 0 Å². The molecule has 0 radical (unpaired) electrons. The van der Waals surface area contributed by atoms with Crippen molar-refractivity contribution in [2.24, 2.45) is 0 Å². The number of thiophene rings is 1. The normalized spacial score (nSPS) is 18.5. The van der Waals surface area contributed by atoms with Crippen LogP contribution in [0.2, 0.25) is 4.34 Å². The maximum absolute atomic E-state index is 12.0. The van der Waals surface area contributed by atoms with Gasteiger partial charge in [-0.2, -0.15) is 0 Å². The molecule has 1 saturated heterocycles. The lowest BCUT2D eigenvalue weighted by molar-refractivity contribution is -0.145. The van der Waals surface area contributed by atoms with Crippen LogP contribution in [0.25, 0.3) is 0 Å². The third-order valence-electron chi connectivity index (χ3n) is 5.05. The van der Waals surface area contributed by atoms with E-state index in [1.165, 1.54) is 11.3 Å². The molecule has 1 aliphatic heterocycles.